The lowest BCUT2D eigenvalue weighted by Crippen LogP contribution is -2.63. The number of carbonyl (C=O) groups excluding carboxylic acids is 2. The summed E-state index contributed by atoms with van der Waals surface area (Å²) < 4.78 is 16.6. The van der Waals surface area contributed by atoms with Gasteiger partial charge in [0.25, 0.3) is 0 Å². The van der Waals surface area contributed by atoms with E-state index in [0.717, 1.165) is 39.0 Å². The van der Waals surface area contributed by atoms with Gasteiger partial charge in [-0.1, -0.05) is 36.4 Å². The maximum atomic E-state index is 14.0. The average molecular weight is 540 g/mol. The van der Waals surface area contributed by atoms with Crippen LogP contribution in [0.15, 0.2) is 66.7 Å². The summed E-state index contributed by atoms with van der Waals surface area (Å²) in [5.74, 6) is 1.94. The molecule has 1 aromatic heterocycles. The van der Waals surface area contributed by atoms with Crippen molar-refractivity contribution in [2.75, 3.05) is 33.9 Å². The van der Waals surface area contributed by atoms with Gasteiger partial charge in [0.05, 0.1) is 33.4 Å². The van der Waals surface area contributed by atoms with Crippen LogP contribution in [0.4, 0.5) is 0 Å². The first-order valence-electron chi connectivity index (χ1n) is 13.7. The molecular formula is C32H33N3O5. The highest BCUT2D eigenvalue weighted by molar-refractivity contribution is 5.97. The van der Waals surface area contributed by atoms with E-state index in [1.807, 2.05) is 67.6 Å². The van der Waals surface area contributed by atoms with Crippen molar-refractivity contribution >= 4 is 22.7 Å². The van der Waals surface area contributed by atoms with Crippen LogP contribution in [0.3, 0.4) is 0 Å². The number of aromatic amines is 1. The van der Waals surface area contributed by atoms with Crippen molar-refractivity contribution in [1.82, 2.24) is 14.8 Å². The van der Waals surface area contributed by atoms with E-state index in [4.69, 9.17) is 14.2 Å². The summed E-state index contributed by atoms with van der Waals surface area (Å²) in [6.45, 7) is 2.96. The summed E-state index contributed by atoms with van der Waals surface area (Å²) in [6, 6.07) is 20.6. The van der Waals surface area contributed by atoms with E-state index in [1.165, 1.54) is 0 Å². The summed E-state index contributed by atoms with van der Waals surface area (Å²) in [7, 11) is 3.24. The van der Waals surface area contributed by atoms with Crippen molar-refractivity contribution in [2.24, 2.45) is 0 Å². The number of fused-ring (bicyclic) bond motifs is 4. The Balaban J connectivity index is 1.37. The number of aromatic nitrogens is 1. The van der Waals surface area contributed by atoms with Crippen LogP contribution >= 0.6 is 0 Å². The normalized spacial score (nSPS) is 18.5. The van der Waals surface area contributed by atoms with Gasteiger partial charge in [-0.2, -0.15) is 0 Å². The molecule has 0 bridgehead atoms. The molecule has 3 aromatic carbocycles. The fourth-order valence-corrected chi connectivity index (χ4v) is 6.04. The molecule has 2 aliphatic heterocycles. The predicted molar refractivity (Wildman–Crippen MR) is 152 cm³/mol. The Morgan fingerprint density at radius 1 is 0.950 bits per heavy atom. The lowest BCUT2D eigenvalue weighted by Gasteiger charge is -2.47. The fourth-order valence-electron chi connectivity index (χ4n) is 6.04. The third-order valence-corrected chi connectivity index (χ3v) is 7.98. The number of nitrogens with one attached hydrogen (secondary N) is 1. The Hall–Kier alpha value is -4.46. The minimum Gasteiger partial charge on any atom is -0.497 e. The van der Waals surface area contributed by atoms with Crippen LogP contribution in [-0.2, 0) is 22.4 Å². The van der Waals surface area contributed by atoms with E-state index in [2.05, 4.69) is 11.1 Å². The molecule has 40 heavy (non-hydrogen) atoms. The summed E-state index contributed by atoms with van der Waals surface area (Å²) >= 11 is 0. The topological polar surface area (TPSA) is 84.1 Å². The van der Waals surface area contributed by atoms with Gasteiger partial charge >= 0.3 is 0 Å². The molecule has 0 saturated carbocycles. The van der Waals surface area contributed by atoms with Crippen LogP contribution in [0.1, 0.15) is 35.3 Å². The van der Waals surface area contributed by atoms with E-state index >= 15 is 0 Å². The molecule has 1 fully saturated rings. The highest BCUT2D eigenvalue weighted by atomic mass is 16.5. The van der Waals surface area contributed by atoms with Gasteiger partial charge in [0, 0.05) is 29.6 Å². The van der Waals surface area contributed by atoms with Crippen molar-refractivity contribution in [3.05, 3.63) is 89.1 Å². The number of hydrogen-bond donors (Lipinski definition) is 1. The molecule has 0 unspecified atom stereocenters. The Morgan fingerprint density at radius 3 is 2.50 bits per heavy atom. The van der Waals surface area contributed by atoms with Crippen molar-refractivity contribution in [3.8, 4) is 17.2 Å². The Morgan fingerprint density at radius 2 is 1.75 bits per heavy atom. The zero-order valence-electron chi connectivity index (χ0n) is 23.0. The number of benzene rings is 3. The first-order chi connectivity index (χ1) is 19.5. The summed E-state index contributed by atoms with van der Waals surface area (Å²) in [4.78, 5) is 34.9. The molecule has 8 heteroatoms. The molecule has 3 heterocycles. The average Bonchev–Trinajstić information content (AvgIpc) is 3.36. The fraction of sp³-hybridized carbons (Fsp3) is 0.312. The van der Waals surface area contributed by atoms with Crippen LogP contribution in [-0.4, -0.2) is 66.6 Å². The molecular weight excluding hydrogens is 506 g/mol. The molecule has 1 saturated heterocycles. The first kappa shape index (κ1) is 25.8. The second kappa shape index (κ2) is 10.6. The van der Waals surface area contributed by atoms with Gasteiger partial charge in [0.2, 0.25) is 11.8 Å². The third-order valence-electron chi connectivity index (χ3n) is 7.98. The minimum absolute atomic E-state index is 0.0213. The summed E-state index contributed by atoms with van der Waals surface area (Å²) in [6.07, 6.45) is 1.13. The molecule has 206 valence electrons. The lowest BCUT2D eigenvalue weighted by molar-refractivity contribution is -0.158. The third kappa shape index (κ3) is 4.43. The molecule has 1 N–H and O–H groups in total. The second-order valence-electron chi connectivity index (χ2n) is 10.2. The highest BCUT2D eigenvalue weighted by Crippen LogP contribution is 2.44. The first-order valence-corrected chi connectivity index (χ1v) is 13.7. The van der Waals surface area contributed by atoms with Gasteiger partial charge < -0.3 is 29.0 Å². The molecule has 4 aromatic rings. The molecule has 2 aliphatic rings. The number of para-hydroxylation sites is 1. The number of methoxy groups -OCH3 is 2. The number of rotatable bonds is 8. The van der Waals surface area contributed by atoms with Crippen molar-refractivity contribution in [2.45, 2.75) is 31.8 Å². The molecule has 2 amide bonds. The number of piperazine rings is 1. The van der Waals surface area contributed by atoms with Gasteiger partial charge in [-0.15, -0.1) is 0 Å². The van der Waals surface area contributed by atoms with E-state index in [0.29, 0.717) is 37.5 Å². The van der Waals surface area contributed by atoms with E-state index in [1.54, 1.807) is 24.0 Å². The van der Waals surface area contributed by atoms with Crippen LogP contribution < -0.4 is 14.2 Å². The number of carbonyl (C=O) groups is 2. The zero-order chi connectivity index (χ0) is 27.8. The van der Waals surface area contributed by atoms with Crippen LogP contribution in [0.25, 0.3) is 10.9 Å². The van der Waals surface area contributed by atoms with E-state index in [-0.39, 0.29) is 18.4 Å². The number of H-pyrrole nitrogens is 1. The Kier molecular flexibility index (Phi) is 6.84. The van der Waals surface area contributed by atoms with Gasteiger partial charge in [0.1, 0.15) is 11.8 Å². The largest absolute Gasteiger partial charge is 0.497 e. The number of ether oxygens (including phenoxy) is 3. The van der Waals surface area contributed by atoms with Gasteiger partial charge in [-0.3, -0.25) is 9.59 Å². The molecule has 6 rings (SSSR count). The van der Waals surface area contributed by atoms with E-state index < -0.39 is 12.1 Å². The second-order valence-corrected chi connectivity index (χ2v) is 10.2. The number of amides is 2. The number of nitrogens with zero attached hydrogens (tertiary/aromatic N) is 2. The minimum atomic E-state index is -0.591. The molecule has 8 nitrogen and oxygen atoms in total. The lowest BCUT2D eigenvalue weighted by atomic mass is 9.86. The smallest absolute Gasteiger partial charge is 0.246 e. The molecule has 0 radical (unpaired) electrons. The van der Waals surface area contributed by atoms with Crippen molar-refractivity contribution in [3.63, 3.8) is 0 Å². The summed E-state index contributed by atoms with van der Waals surface area (Å²) in [5.41, 5.74) is 4.96. The molecule has 0 spiro atoms. The van der Waals surface area contributed by atoms with Gasteiger partial charge in [-0.25, -0.2) is 0 Å². The molecule has 2 atom stereocenters. The van der Waals surface area contributed by atoms with Crippen LogP contribution in [0, 0.1) is 0 Å². The molecule has 0 aliphatic carbocycles. The quantitative estimate of drug-likeness (QED) is 0.356. The van der Waals surface area contributed by atoms with E-state index in [9.17, 15) is 9.59 Å². The standard InChI is InChI=1S/C32H33N3O5/c1-4-40-27-14-11-21(17-28(27)39-3)31-30-24(23-7-5-6-8-25(23)33-30)18-26-32(37)34(19-29(36)35(26)31)16-15-20-9-12-22(38-2)13-10-20/h5-14,17,26,31,33H,4,15-16,18-19H2,1-3H3/t26-,31-/m0/s1. The zero-order valence-corrected chi connectivity index (χ0v) is 23.0. The maximum absolute atomic E-state index is 14.0. The summed E-state index contributed by atoms with van der Waals surface area (Å²) in [5, 5.41) is 1.08. The van der Waals surface area contributed by atoms with Gasteiger partial charge in [-0.05, 0) is 60.4 Å². The number of hydrogen-bond acceptors (Lipinski definition) is 5. The maximum Gasteiger partial charge on any atom is 0.246 e. The van der Waals surface area contributed by atoms with Crippen molar-refractivity contribution in [1.29, 1.82) is 0 Å². The Bertz CT molecular complexity index is 1560. The highest BCUT2D eigenvalue weighted by Gasteiger charge is 2.48. The van der Waals surface area contributed by atoms with Crippen molar-refractivity contribution < 1.29 is 23.8 Å². The van der Waals surface area contributed by atoms with Gasteiger partial charge in [0.15, 0.2) is 11.5 Å². The monoisotopic (exact) mass is 539 g/mol. The van der Waals surface area contributed by atoms with Crippen LogP contribution in [0.2, 0.25) is 0 Å². The Labute approximate surface area is 233 Å². The predicted octanol–water partition coefficient (Wildman–Crippen LogP) is 4.51. The van der Waals surface area contributed by atoms with Crippen LogP contribution in [0.5, 0.6) is 17.2 Å². The SMILES string of the molecule is CCOc1ccc([C@H]2c3[nH]c4ccccc4c3C[C@H]3C(=O)N(CCc4ccc(OC)cc4)CC(=O)N23)cc1OC.